The number of amides is 2. The predicted octanol–water partition coefficient (Wildman–Crippen LogP) is 2.88. The molecule has 1 aliphatic rings. The smallest absolute Gasteiger partial charge is 0.348 e. The lowest BCUT2D eigenvalue weighted by molar-refractivity contribution is -0.170. The number of alkyl halides is 3. The summed E-state index contributed by atoms with van der Waals surface area (Å²) < 4.78 is 39.9. The van der Waals surface area contributed by atoms with Crippen molar-refractivity contribution in [2.45, 2.75) is 32.0 Å². The fourth-order valence-corrected chi connectivity index (χ4v) is 3.12. The molecule has 1 fully saturated rings. The first-order valence-electron chi connectivity index (χ1n) is 7.90. The van der Waals surface area contributed by atoms with Crippen LogP contribution in [-0.2, 0) is 16.6 Å². The lowest BCUT2D eigenvalue weighted by atomic mass is 9.92. The van der Waals surface area contributed by atoms with Gasteiger partial charge >= 0.3 is 6.18 Å². The van der Waals surface area contributed by atoms with Gasteiger partial charge in [-0.2, -0.15) is 13.2 Å². The van der Waals surface area contributed by atoms with Crippen LogP contribution in [0.2, 0.25) is 0 Å². The Labute approximate surface area is 142 Å². The van der Waals surface area contributed by atoms with Gasteiger partial charge in [0.1, 0.15) is 12.0 Å². The summed E-state index contributed by atoms with van der Waals surface area (Å²) in [6.45, 7) is 1.95. The highest BCUT2D eigenvalue weighted by molar-refractivity contribution is 6.10. The number of carbonyl (C=O) groups excluding carboxylic acids is 2. The Hall–Kier alpha value is -2.51. The van der Waals surface area contributed by atoms with Crippen molar-refractivity contribution in [3.63, 3.8) is 0 Å². The summed E-state index contributed by atoms with van der Waals surface area (Å²) in [5, 5.41) is 5.38. The zero-order valence-corrected chi connectivity index (χ0v) is 13.8. The molecule has 5 nitrogen and oxygen atoms in total. The monoisotopic (exact) mass is 353 g/mol. The van der Waals surface area contributed by atoms with E-state index in [1.807, 2.05) is 42.1 Å². The second kappa shape index (κ2) is 6.09. The fraction of sp³-hybridized carbons (Fsp3) is 0.412. The molecular formula is C17H18F3N3O2. The molecule has 2 heterocycles. The summed E-state index contributed by atoms with van der Waals surface area (Å²) in [6.07, 6.45) is -3.21. The highest BCUT2D eigenvalue weighted by atomic mass is 19.4. The van der Waals surface area contributed by atoms with Crippen LogP contribution >= 0.6 is 0 Å². The number of benzene rings is 1. The first kappa shape index (κ1) is 17.3. The van der Waals surface area contributed by atoms with Crippen LogP contribution in [0.1, 0.15) is 18.4 Å². The Bertz CT molecular complexity index is 842. The van der Waals surface area contributed by atoms with Crippen molar-refractivity contribution in [1.29, 1.82) is 0 Å². The van der Waals surface area contributed by atoms with Gasteiger partial charge in [0.15, 0.2) is 0 Å². The molecular weight excluding hydrogens is 335 g/mol. The van der Waals surface area contributed by atoms with Crippen molar-refractivity contribution in [3.05, 3.63) is 30.0 Å². The van der Waals surface area contributed by atoms with Crippen molar-refractivity contribution in [2.24, 2.45) is 13.0 Å². The molecule has 0 aliphatic carbocycles. The van der Waals surface area contributed by atoms with Gasteiger partial charge in [0.25, 0.3) is 0 Å². The molecule has 8 heteroatoms. The normalized spacial score (nSPS) is 21.2. The van der Waals surface area contributed by atoms with Crippen LogP contribution in [-0.4, -0.2) is 28.6 Å². The Kier molecular flexibility index (Phi) is 4.22. The second-order valence-electron chi connectivity index (χ2n) is 6.40. The molecule has 1 aromatic heterocycles. The van der Waals surface area contributed by atoms with E-state index in [0.717, 1.165) is 16.5 Å². The number of rotatable bonds is 2. The average molecular weight is 353 g/mol. The molecule has 0 saturated carbocycles. The summed E-state index contributed by atoms with van der Waals surface area (Å²) in [6, 6.07) is 3.84. The maximum Gasteiger partial charge on any atom is 0.408 e. The van der Waals surface area contributed by atoms with Crippen LogP contribution in [0.25, 0.3) is 10.9 Å². The van der Waals surface area contributed by atoms with Crippen LogP contribution in [0.4, 0.5) is 18.9 Å². The van der Waals surface area contributed by atoms with E-state index in [-0.39, 0.29) is 12.8 Å². The first-order chi connectivity index (χ1) is 11.7. The molecule has 0 spiro atoms. The van der Waals surface area contributed by atoms with Gasteiger partial charge in [-0.1, -0.05) is 12.1 Å². The van der Waals surface area contributed by atoms with E-state index in [2.05, 4.69) is 5.32 Å². The Morgan fingerprint density at radius 1 is 1.32 bits per heavy atom. The molecule has 2 amide bonds. The SMILES string of the molecule is Cc1ccc2c(NC(=O)C3CCC(C(F)(F)F)NC3=O)cn(C)c2c1. The molecule has 3 rings (SSSR count). The highest BCUT2D eigenvalue weighted by Gasteiger charge is 2.45. The van der Waals surface area contributed by atoms with Gasteiger partial charge in [-0.3, -0.25) is 9.59 Å². The minimum atomic E-state index is -4.50. The fourth-order valence-electron chi connectivity index (χ4n) is 3.12. The van der Waals surface area contributed by atoms with Crippen molar-refractivity contribution in [3.8, 4) is 0 Å². The third-order valence-electron chi connectivity index (χ3n) is 4.49. The predicted molar refractivity (Wildman–Crippen MR) is 87.0 cm³/mol. The maximum atomic E-state index is 12.7. The van der Waals surface area contributed by atoms with E-state index in [1.54, 1.807) is 6.20 Å². The van der Waals surface area contributed by atoms with E-state index in [0.29, 0.717) is 5.69 Å². The Balaban J connectivity index is 1.76. The number of halogens is 3. The molecule has 2 aromatic rings. The summed E-state index contributed by atoms with van der Waals surface area (Å²) in [5.74, 6) is -2.60. The number of aryl methyl sites for hydroxylation is 2. The zero-order chi connectivity index (χ0) is 18.4. The third-order valence-corrected chi connectivity index (χ3v) is 4.49. The van der Waals surface area contributed by atoms with Crippen LogP contribution in [0.3, 0.4) is 0 Å². The van der Waals surface area contributed by atoms with Gasteiger partial charge in [-0.15, -0.1) is 0 Å². The van der Waals surface area contributed by atoms with Crippen LogP contribution in [0, 0.1) is 12.8 Å². The Morgan fingerprint density at radius 2 is 2.04 bits per heavy atom. The van der Waals surface area contributed by atoms with Gasteiger partial charge in [0.05, 0.1) is 11.2 Å². The first-order valence-corrected chi connectivity index (χ1v) is 7.90. The summed E-state index contributed by atoms with van der Waals surface area (Å²) >= 11 is 0. The van der Waals surface area contributed by atoms with E-state index in [4.69, 9.17) is 0 Å². The number of carbonyl (C=O) groups is 2. The molecule has 1 aliphatic heterocycles. The molecule has 1 aromatic carbocycles. The molecule has 2 N–H and O–H groups in total. The van der Waals surface area contributed by atoms with E-state index >= 15 is 0 Å². The molecule has 1 saturated heterocycles. The molecule has 2 unspecified atom stereocenters. The van der Waals surface area contributed by atoms with Crippen LogP contribution < -0.4 is 10.6 Å². The number of hydrogen-bond acceptors (Lipinski definition) is 2. The summed E-state index contributed by atoms with van der Waals surface area (Å²) in [7, 11) is 1.83. The van der Waals surface area contributed by atoms with E-state index in [1.165, 1.54) is 0 Å². The van der Waals surface area contributed by atoms with Gasteiger partial charge in [0, 0.05) is 18.6 Å². The van der Waals surface area contributed by atoms with Gasteiger partial charge in [0.2, 0.25) is 11.8 Å². The topological polar surface area (TPSA) is 63.1 Å². The number of anilines is 1. The second-order valence-corrected chi connectivity index (χ2v) is 6.40. The van der Waals surface area contributed by atoms with E-state index in [9.17, 15) is 22.8 Å². The average Bonchev–Trinajstić information content (AvgIpc) is 2.81. The molecule has 134 valence electrons. The third kappa shape index (κ3) is 3.33. The minimum absolute atomic E-state index is 0.133. The van der Waals surface area contributed by atoms with E-state index < -0.39 is 30.0 Å². The number of aromatic nitrogens is 1. The quantitative estimate of drug-likeness (QED) is 0.816. The maximum absolute atomic E-state index is 12.7. The van der Waals surface area contributed by atoms with Gasteiger partial charge in [-0.05, 0) is 31.4 Å². The summed E-state index contributed by atoms with van der Waals surface area (Å²) in [5.41, 5.74) is 2.52. The largest absolute Gasteiger partial charge is 0.408 e. The lowest BCUT2D eigenvalue weighted by Gasteiger charge is -2.29. The molecule has 2 atom stereocenters. The van der Waals surface area contributed by atoms with Crippen LogP contribution in [0.5, 0.6) is 0 Å². The number of nitrogens with one attached hydrogen (secondary N) is 2. The van der Waals surface area contributed by atoms with Crippen molar-refractivity contribution < 1.29 is 22.8 Å². The number of piperidine rings is 1. The van der Waals surface area contributed by atoms with Gasteiger partial charge < -0.3 is 15.2 Å². The highest BCUT2D eigenvalue weighted by Crippen LogP contribution is 2.30. The van der Waals surface area contributed by atoms with Crippen molar-refractivity contribution in [1.82, 2.24) is 9.88 Å². The molecule has 0 bridgehead atoms. The van der Waals surface area contributed by atoms with Crippen molar-refractivity contribution in [2.75, 3.05) is 5.32 Å². The number of fused-ring (bicyclic) bond motifs is 1. The van der Waals surface area contributed by atoms with Crippen LogP contribution in [0.15, 0.2) is 24.4 Å². The summed E-state index contributed by atoms with van der Waals surface area (Å²) in [4.78, 5) is 24.3. The number of hydrogen-bond donors (Lipinski definition) is 2. The molecule has 25 heavy (non-hydrogen) atoms. The van der Waals surface area contributed by atoms with Gasteiger partial charge in [-0.25, -0.2) is 0 Å². The standard InChI is InChI=1S/C17H18F3N3O2/c1-9-3-4-10-12(8-23(2)13(10)7-9)21-15(24)11-5-6-14(17(18,19)20)22-16(11)25/h3-4,7-8,11,14H,5-6H2,1-2H3,(H,21,24)(H,22,25). The Morgan fingerprint density at radius 3 is 2.68 bits per heavy atom. The van der Waals surface area contributed by atoms with Crippen molar-refractivity contribution >= 4 is 28.4 Å². The zero-order valence-electron chi connectivity index (χ0n) is 13.8. The lowest BCUT2D eigenvalue weighted by Crippen LogP contribution is -2.53. The minimum Gasteiger partial charge on any atom is -0.348 e. The molecule has 0 radical (unpaired) electrons. The number of nitrogens with zero attached hydrogens (tertiary/aromatic N) is 1.